The molecule has 0 radical (unpaired) electrons. The smallest absolute Gasteiger partial charge is 0.229 e. The van der Waals surface area contributed by atoms with Crippen LogP contribution in [-0.2, 0) is 4.79 Å². The highest BCUT2D eigenvalue weighted by molar-refractivity contribution is 7.99. The molecule has 4 nitrogen and oxygen atoms in total. The molecule has 1 aromatic heterocycles. The van der Waals surface area contributed by atoms with Crippen LogP contribution in [0.3, 0.4) is 0 Å². The number of benzene rings is 2. The number of amides is 1. The van der Waals surface area contributed by atoms with Crippen molar-refractivity contribution >= 4 is 56.0 Å². The molecule has 160 valence electrons. The molecule has 0 saturated heterocycles. The molecule has 1 amide bonds. The fourth-order valence-corrected chi connectivity index (χ4v) is 5.16. The van der Waals surface area contributed by atoms with Crippen LogP contribution in [0.15, 0.2) is 41.3 Å². The molecule has 3 rings (SSSR count). The highest BCUT2D eigenvalue weighted by Crippen LogP contribution is 2.32. The molecule has 0 fully saturated rings. The van der Waals surface area contributed by atoms with Crippen molar-refractivity contribution in [3.05, 3.63) is 52.5 Å². The summed E-state index contributed by atoms with van der Waals surface area (Å²) >= 11 is 9.23. The van der Waals surface area contributed by atoms with Crippen LogP contribution in [-0.4, -0.2) is 48.7 Å². The van der Waals surface area contributed by atoms with Gasteiger partial charge in [-0.3, -0.25) is 9.69 Å². The number of fused-ring (bicyclic) bond motifs is 1. The van der Waals surface area contributed by atoms with E-state index in [9.17, 15) is 4.79 Å². The first-order chi connectivity index (χ1) is 14.3. The molecule has 0 atom stereocenters. The zero-order valence-electron chi connectivity index (χ0n) is 17.9. The monoisotopic (exact) mass is 461 g/mol. The number of aromatic nitrogens is 1. The summed E-state index contributed by atoms with van der Waals surface area (Å²) in [5, 5.41) is 1.53. The normalized spacial score (nSPS) is 11.4. The van der Waals surface area contributed by atoms with E-state index in [-0.39, 0.29) is 5.91 Å². The van der Waals surface area contributed by atoms with Gasteiger partial charge in [-0.1, -0.05) is 29.0 Å². The van der Waals surface area contributed by atoms with Crippen molar-refractivity contribution in [1.29, 1.82) is 0 Å². The molecule has 0 aliphatic carbocycles. The quantitative estimate of drug-likeness (QED) is 0.364. The Hall–Kier alpha value is -1.60. The Bertz CT molecular complexity index is 1000. The maximum atomic E-state index is 13.1. The van der Waals surface area contributed by atoms with Crippen LogP contribution in [0.25, 0.3) is 10.2 Å². The lowest BCUT2D eigenvalue weighted by atomic mass is 10.1. The Morgan fingerprint density at radius 3 is 2.53 bits per heavy atom. The largest absolute Gasteiger partial charge is 0.309 e. The van der Waals surface area contributed by atoms with E-state index in [4.69, 9.17) is 16.6 Å². The van der Waals surface area contributed by atoms with E-state index >= 15 is 0 Å². The third-order valence-electron chi connectivity index (χ3n) is 4.99. The topological polar surface area (TPSA) is 36.4 Å². The summed E-state index contributed by atoms with van der Waals surface area (Å²) in [5.74, 6) is 0.858. The number of hydrogen-bond acceptors (Lipinski definition) is 5. The van der Waals surface area contributed by atoms with Gasteiger partial charge in [0, 0.05) is 28.6 Å². The molecule has 0 N–H and O–H groups in total. The Kier molecular flexibility index (Phi) is 8.17. The molecule has 0 spiro atoms. The standard InChI is InChI=1S/C23H28ClN3OS2/c1-16-6-11-20-22(17(16)2)25-23(30-20)27(14-5-13-26(3)4)21(28)12-15-29-19-9-7-18(24)8-10-19/h6-11H,5,12-15H2,1-4H3. The SMILES string of the molecule is Cc1ccc2sc(N(CCCN(C)C)C(=O)CCSc3ccc(Cl)cc3)nc2c1C. The lowest BCUT2D eigenvalue weighted by Crippen LogP contribution is -2.33. The number of rotatable bonds is 9. The van der Waals surface area contributed by atoms with Crippen LogP contribution >= 0.6 is 34.7 Å². The minimum absolute atomic E-state index is 0.128. The summed E-state index contributed by atoms with van der Waals surface area (Å²) in [5.41, 5.74) is 3.43. The van der Waals surface area contributed by atoms with Crippen LogP contribution in [0, 0.1) is 13.8 Å². The summed E-state index contributed by atoms with van der Waals surface area (Å²) < 4.78 is 1.13. The second-order valence-corrected chi connectivity index (χ2v) is 10.2. The molecule has 0 aliphatic heterocycles. The lowest BCUT2D eigenvalue weighted by Gasteiger charge is -2.21. The van der Waals surface area contributed by atoms with Gasteiger partial charge < -0.3 is 4.90 Å². The molecule has 0 bridgehead atoms. The average molecular weight is 462 g/mol. The maximum absolute atomic E-state index is 13.1. The molecule has 0 aliphatic rings. The third kappa shape index (κ3) is 5.97. The van der Waals surface area contributed by atoms with Crippen molar-refractivity contribution in [1.82, 2.24) is 9.88 Å². The highest BCUT2D eigenvalue weighted by atomic mass is 35.5. The summed E-state index contributed by atoms with van der Waals surface area (Å²) in [7, 11) is 4.11. The van der Waals surface area contributed by atoms with Crippen molar-refractivity contribution in [2.45, 2.75) is 31.6 Å². The van der Waals surface area contributed by atoms with E-state index < -0.39 is 0 Å². The minimum atomic E-state index is 0.128. The molecule has 3 aromatic rings. The van der Waals surface area contributed by atoms with Gasteiger partial charge in [0.25, 0.3) is 0 Å². The number of anilines is 1. The number of carbonyl (C=O) groups excluding carboxylic acids is 1. The number of thiazole rings is 1. The predicted octanol–water partition coefficient (Wildman–Crippen LogP) is 6.03. The predicted molar refractivity (Wildman–Crippen MR) is 131 cm³/mol. The van der Waals surface area contributed by atoms with Gasteiger partial charge in [0.2, 0.25) is 5.91 Å². The second-order valence-electron chi connectivity index (χ2n) is 7.61. The van der Waals surface area contributed by atoms with Gasteiger partial charge in [-0.15, -0.1) is 11.8 Å². The van der Waals surface area contributed by atoms with Gasteiger partial charge in [0.1, 0.15) is 0 Å². The van der Waals surface area contributed by atoms with Crippen molar-refractivity contribution in [3.8, 4) is 0 Å². The summed E-state index contributed by atoms with van der Waals surface area (Å²) in [6, 6.07) is 12.0. The molecule has 0 saturated carbocycles. The van der Waals surface area contributed by atoms with Crippen molar-refractivity contribution < 1.29 is 4.79 Å². The first-order valence-electron chi connectivity index (χ1n) is 10.1. The highest BCUT2D eigenvalue weighted by Gasteiger charge is 2.20. The number of nitrogens with zero attached hydrogens (tertiary/aromatic N) is 3. The number of carbonyl (C=O) groups is 1. The van der Waals surface area contributed by atoms with Gasteiger partial charge in [-0.2, -0.15) is 0 Å². The Morgan fingerprint density at radius 1 is 1.10 bits per heavy atom. The first kappa shape index (κ1) is 23.1. The molecule has 7 heteroatoms. The number of thioether (sulfide) groups is 1. The lowest BCUT2D eigenvalue weighted by molar-refractivity contribution is -0.118. The van der Waals surface area contributed by atoms with Crippen LogP contribution in [0.4, 0.5) is 5.13 Å². The van der Waals surface area contributed by atoms with Crippen LogP contribution in [0.1, 0.15) is 24.0 Å². The van der Waals surface area contributed by atoms with Crippen LogP contribution < -0.4 is 4.90 Å². The second kappa shape index (κ2) is 10.6. The Labute approximate surface area is 192 Å². The van der Waals surface area contributed by atoms with Gasteiger partial charge in [-0.25, -0.2) is 4.98 Å². The van der Waals surface area contributed by atoms with Crippen LogP contribution in [0.5, 0.6) is 0 Å². The van der Waals surface area contributed by atoms with E-state index in [2.05, 4.69) is 45.0 Å². The molecule has 1 heterocycles. The average Bonchev–Trinajstić information content (AvgIpc) is 3.14. The van der Waals surface area contributed by atoms with Crippen molar-refractivity contribution in [3.63, 3.8) is 0 Å². The zero-order valence-corrected chi connectivity index (χ0v) is 20.3. The molecule has 0 unspecified atom stereocenters. The van der Waals surface area contributed by atoms with Gasteiger partial charge >= 0.3 is 0 Å². The fourth-order valence-electron chi connectivity index (χ4n) is 3.12. The minimum Gasteiger partial charge on any atom is -0.309 e. The first-order valence-corrected chi connectivity index (χ1v) is 12.2. The number of hydrogen-bond donors (Lipinski definition) is 0. The van der Waals surface area contributed by atoms with E-state index in [1.54, 1.807) is 23.1 Å². The van der Waals surface area contributed by atoms with Crippen molar-refractivity contribution in [2.75, 3.05) is 37.8 Å². The summed E-state index contributed by atoms with van der Waals surface area (Å²) in [4.78, 5) is 23.1. The number of aryl methyl sites for hydroxylation is 2. The molecular weight excluding hydrogens is 434 g/mol. The van der Waals surface area contributed by atoms with Gasteiger partial charge in [0.05, 0.1) is 10.2 Å². The summed E-state index contributed by atoms with van der Waals surface area (Å²) in [6.07, 6.45) is 1.39. The Morgan fingerprint density at radius 2 is 1.83 bits per heavy atom. The van der Waals surface area contributed by atoms with Crippen molar-refractivity contribution in [2.24, 2.45) is 0 Å². The van der Waals surface area contributed by atoms with Gasteiger partial charge in [0.15, 0.2) is 5.13 Å². The maximum Gasteiger partial charge on any atom is 0.229 e. The third-order valence-corrected chi connectivity index (χ3v) is 7.30. The summed E-state index contributed by atoms with van der Waals surface area (Å²) in [6.45, 7) is 5.82. The Balaban J connectivity index is 1.73. The molecule has 2 aromatic carbocycles. The number of halogens is 1. The molecular formula is C23H28ClN3OS2. The van der Waals surface area contributed by atoms with Gasteiger partial charge in [-0.05, 0) is 82.4 Å². The zero-order chi connectivity index (χ0) is 21.7. The van der Waals surface area contributed by atoms with E-state index in [0.29, 0.717) is 13.0 Å². The van der Waals surface area contributed by atoms with E-state index in [0.717, 1.165) is 44.0 Å². The van der Waals surface area contributed by atoms with E-state index in [1.807, 2.05) is 29.2 Å². The van der Waals surface area contributed by atoms with E-state index in [1.165, 1.54) is 11.1 Å². The molecule has 30 heavy (non-hydrogen) atoms. The van der Waals surface area contributed by atoms with Crippen LogP contribution in [0.2, 0.25) is 5.02 Å². The fraction of sp³-hybridized carbons (Fsp3) is 0.391.